The Kier molecular flexibility index (Phi) is 8.94. The van der Waals surface area contributed by atoms with Crippen LogP contribution in [0.3, 0.4) is 0 Å². The van der Waals surface area contributed by atoms with Crippen molar-refractivity contribution in [3.05, 3.63) is 62.3 Å². The highest BCUT2D eigenvalue weighted by molar-refractivity contribution is 5.75. The van der Waals surface area contributed by atoms with Crippen molar-refractivity contribution in [2.45, 2.75) is 78.6 Å². The fraction of sp³-hybridized carbons (Fsp3) is 0.533. The van der Waals surface area contributed by atoms with Gasteiger partial charge in [-0.3, -0.25) is 13.9 Å². The molecular weight excluding hydrogens is 524 g/mol. The lowest BCUT2D eigenvalue weighted by Gasteiger charge is -2.34. The third-order valence-corrected chi connectivity index (χ3v) is 7.10. The lowest BCUT2D eigenvalue weighted by Crippen LogP contribution is -2.49. The van der Waals surface area contributed by atoms with Crippen LogP contribution in [0.25, 0.3) is 11.2 Å². The molecule has 1 atom stereocenters. The molecule has 1 fully saturated rings. The number of rotatable bonds is 8. The molecule has 1 N–H and O–H groups in total. The van der Waals surface area contributed by atoms with Crippen molar-refractivity contribution in [2.75, 3.05) is 25.1 Å². The van der Waals surface area contributed by atoms with Crippen LogP contribution in [0.5, 0.6) is 5.75 Å². The minimum atomic E-state index is -0.591. The molecule has 4 rings (SSSR count). The minimum Gasteiger partial charge on any atom is -0.497 e. The number of anilines is 1. The lowest BCUT2D eigenvalue weighted by atomic mass is 10.1. The Morgan fingerprint density at radius 2 is 1.85 bits per heavy atom. The van der Waals surface area contributed by atoms with Crippen LogP contribution >= 0.6 is 0 Å². The molecule has 11 nitrogen and oxygen atoms in total. The highest BCUT2D eigenvalue weighted by atomic mass is 16.6. The zero-order valence-corrected chi connectivity index (χ0v) is 25.2. The first-order valence-corrected chi connectivity index (χ1v) is 14.1. The topological polar surface area (TPSA) is 113 Å². The van der Waals surface area contributed by atoms with Gasteiger partial charge in [0.15, 0.2) is 11.2 Å². The number of fused-ring (bicyclic) bond motifs is 1. The monoisotopic (exact) mass is 566 g/mol. The summed E-state index contributed by atoms with van der Waals surface area (Å²) in [6, 6.07) is 7.56. The predicted octanol–water partition coefficient (Wildman–Crippen LogP) is 3.61. The summed E-state index contributed by atoms with van der Waals surface area (Å²) in [5.74, 6) is 1.37. The standard InChI is InChI=1S/C30H42N6O5/c1-20(2)14-17-35-24-25(32-27(35)34-16-8-9-22(19-34)31-28(38)41-30(3,4)5)36(29(39)33(6)26(24)37)18-15-21-10-12-23(40-7)13-11-21/h10-14,22H,8-9,15-19H2,1-7H3,(H,31,38). The largest absolute Gasteiger partial charge is 0.497 e. The Morgan fingerprint density at radius 3 is 2.49 bits per heavy atom. The van der Waals surface area contributed by atoms with Crippen molar-refractivity contribution in [3.8, 4) is 5.75 Å². The molecule has 11 heteroatoms. The molecule has 0 saturated carbocycles. The zero-order valence-electron chi connectivity index (χ0n) is 25.2. The number of nitrogens with zero attached hydrogens (tertiary/aromatic N) is 5. The number of alkyl carbamates (subject to hydrolysis) is 1. The molecule has 41 heavy (non-hydrogen) atoms. The highest BCUT2D eigenvalue weighted by Crippen LogP contribution is 2.24. The van der Waals surface area contributed by atoms with Crippen molar-refractivity contribution in [2.24, 2.45) is 7.05 Å². The van der Waals surface area contributed by atoms with Gasteiger partial charge in [0.25, 0.3) is 5.56 Å². The molecule has 1 aliphatic heterocycles. The number of carbonyl (C=O) groups excluding carboxylic acids is 1. The third-order valence-electron chi connectivity index (χ3n) is 7.10. The van der Waals surface area contributed by atoms with Gasteiger partial charge in [-0.05, 0) is 71.6 Å². The second-order valence-corrected chi connectivity index (χ2v) is 11.8. The average molecular weight is 567 g/mol. The molecule has 0 radical (unpaired) electrons. The van der Waals surface area contributed by atoms with Gasteiger partial charge in [0.2, 0.25) is 5.95 Å². The van der Waals surface area contributed by atoms with E-state index < -0.39 is 17.4 Å². The number of ether oxygens (including phenoxy) is 2. The molecule has 222 valence electrons. The van der Waals surface area contributed by atoms with Gasteiger partial charge in [0.05, 0.1) is 7.11 Å². The van der Waals surface area contributed by atoms with Gasteiger partial charge >= 0.3 is 11.8 Å². The molecule has 1 saturated heterocycles. The van der Waals surface area contributed by atoms with Crippen LogP contribution in [-0.4, -0.2) is 56.6 Å². The van der Waals surface area contributed by atoms with Gasteiger partial charge in [-0.15, -0.1) is 0 Å². The van der Waals surface area contributed by atoms with Gasteiger partial charge in [-0.25, -0.2) is 9.59 Å². The molecule has 3 heterocycles. The van der Waals surface area contributed by atoms with Gasteiger partial charge in [0.1, 0.15) is 11.4 Å². The van der Waals surface area contributed by atoms with E-state index >= 15 is 0 Å². The molecule has 1 aliphatic rings. The van der Waals surface area contributed by atoms with Crippen LogP contribution in [0.1, 0.15) is 53.0 Å². The Morgan fingerprint density at radius 1 is 1.15 bits per heavy atom. The SMILES string of the molecule is COc1ccc(CCn2c(=O)n(C)c(=O)c3c2nc(N2CCCC(NC(=O)OC(C)(C)C)C2)n3CC=C(C)C)cc1. The molecule has 2 aromatic heterocycles. The second kappa shape index (κ2) is 12.2. The number of hydrogen-bond acceptors (Lipinski definition) is 7. The van der Waals surface area contributed by atoms with Crippen LogP contribution in [-0.2, 0) is 31.3 Å². The van der Waals surface area contributed by atoms with Crippen LogP contribution in [0.2, 0.25) is 0 Å². The first kappa shape index (κ1) is 30.0. The van der Waals surface area contributed by atoms with Crippen molar-refractivity contribution in [3.63, 3.8) is 0 Å². The van der Waals surface area contributed by atoms with Crippen LogP contribution in [0.15, 0.2) is 45.5 Å². The molecule has 0 aliphatic carbocycles. The number of methoxy groups -OCH3 is 1. The first-order valence-electron chi connectivity index (χ1n) is 14.1. The minimum absolute atomic E-state index is 0.143. The molecule has 1 aromatic carbocycles. The van der Waals surface area contributed by atoms with Gasteiger partial charge in [-0.1, -0.05) is 23.8 Å². The van der Waals surface area contributed by atoms with E-state index in [-0.39, 0.29) is 11.6 Å². The molecule has 1 amide bonds. The van der Waals surface area contributed by atoms with Gasteiger partial charge in [0, 0.05) is 39.3 Å². The number of carbonyl (C=O) groups is 1. The Hall–Kier alpha value is -4.02. The summed E-state index contributed by atoms with van der Waals surface area (Å²) in [5.41, 5.74) is 1.51. The molecule has 0 spiro atoms. The maximum Gasteiger partial charge on any atom is 0.407 e. The number of nitrogens with one attached hydrogen (secondary N) is 1. The number of amides is 1. The summed E-state index contributed by atoms with van der Waals surface area (Å²) in [6.45, 7) is 11.5. The summed E-state index contributed by atoms with van der Waals surface area (Å²) < 4.78 is 15.4. The van der Waals surface area contributed by atoms with Gasteiger partial charge < -0.3 is 24.3 Å². The Bertz CT molecular complexity index is 1540. The van der Waals surface area contributed by atoms with E-state index in [2.05, 4.69) is 10.2 Å². The summed E-state index contributed by atoms with van der Waals surface area (Å²) in [6.07, 6.45) is 3.80. The smallest absolute Gasteiger partial charge is 0.407 e. The van der Waals surface area contributed by atoms with E-state index in [0.29, 0.717) is 49.7 Å². The first-order chi connectivity index (χ1) is 19.4. The van der Waals surface area contributed by atoms with E-state index in [1.165, 1.54) is 7.05 Å². The summed E-state index contributed by atoms with van der Waals surface area (Å²) in [4.78, 5) is 46.4. The third kappa shape index (κ3) is 7.01. The predicted molar refractivity (Wildman–Crippen MR) is 160 cm³/mol. The van der Waals surface area contributed by atoms with Crippen molar-refractivity contribution in [1.29, 1.82) is 0 Å². The fourth-order valence-corrected chi connectivity index (χ4v) is 5.02. The Balaban J connectivity index is 1.73. The second-order valence-electron chi connectivity index (χ2n) is 11.8. The van der Waals surface area contributed by atoms with E-state index in [9.17, 15) is 14.4 Å². The maximum atomic E-state index is 13.5. The van der Waals surface area contributed by atoms with Crippen molar-refractivity contribution >= 4 is 23.2 Å². The van der Waals surface area contributed by atoms with Gasteiger partial charge in [-0.2, -0.15) is 4.98 Å². The summed E-state index contributed by atoms with van der Waals surface area (Å²) >= 11 is 0. The van der Waals surface area contributed by atoms with Crippen LogP contribution < -0.4 is 26.2 Å². The quantitative estimate of drug-likeness (QED) is 0.415. The fourth-order valence-electron chi connectivity index (χ4n) is 5.02. The van der Waals surface area contributed by atoms with E-state index in [1.807, 2.05) is 69.5 Å². The average Bonchev–Trinajstić information content (AvgIpc) is 3.29. The number of imidazole rings is 1. The van der Waals surface area contributed by atoms with E-state index in [1.54, 1.807) is 11.7 Å². The van der Waals surface area contributed by atoms with Crippen LogP contribution in [0, 0.1) is 0 Å². The molecular formula is C30H42N6O5. The zero-order chi connectivity index (χ0) is 29.9. The number of aromatic nitrogens is 4. The summed E-state index contributed by atoms with van der Waals surface area (Å²) in [5, 5.41) is 2.98. The number of allylic oxidation sites excluding steroid dienone is 2. The number of aryl methyl sites for hydroxylation is 2. The molecule has 1 unspecified atom stereocenters. The van der Waals surface area contributed by atoms with E-state index in [0.717, 1.165) is 34.3 Å². The van der Waals surface area contributed by atoms with E-state index in [4.69, 9.17) is 14.5 Å². The highest BCUT2D eigenvalue weighted by Gasteiger charge is 2.29. The maximum absolute atomic E-state index is 13.5. The normalized spacial score (nSPS) is 15.6. The number of piperidine rings is 1. The number of hydrogen-bond donors (Lipinski definition) is 1. The van der Waals surface area contributed by atoms with Crippen molar-refractivity contribution in [1.82, 2.24) is 24.0 Å². The Labute approximate surface area is 240 Å². The van der Waals surface area contributed by atoms with Crippen molar-refractivity contribution < 1.29 is 14.3 Å². The number of benzene rings is 1. The van der Waals surface area contributed by atoms with Crippen LogP contribution in [0.4, 0.5) is 10.7 Å². The molecule has 0 bridgehead atoms. The summed E-state index contributed by atoms with van der Waals surface area (Å²) in [7, 11) is 3.13. The lowest BCUT2D eigenvalue weighted by molar-refractivity contribution is 0.0499. The molecule has 3 aromatic rings.